The van der Waals surface area contributed by atoms with Crippen LogP contribution in [0.4, 0.5) is 0 Å². The third kappa shape index (κ3) is 2.19. The van der Waals surface area contributed by atoms with Crippen molar-refractivity contribution in [3.05, 3.63) is 0 Å². The second kappa shape index (κ2) is 3.57. The Kier molecular flexibility index (Phi) is 2.93. The lowest BCUT2D eigenvalue weighted by molar-refractivity contribution is -0.143. The molecule has 0 unspecified atom stereocenters. The Balaban J connectivity index is 2.20. The molecular weight excluding hydrogens is 208 g/mol. The van der Waals surface area contributed by atoms with Crippen molar-refractivity contribution in [2.24, 2.45) is 5.41 Å². The first-order chi connectivity index (χ1) is 5.21. The third-order valence-electron chi connectivity index (χ3n) is 2.35. The molecule has 0 aromatic rings. The van der Waals surface area contributed by atoms with Gasteiger partial charge in [-0.25, -0.2) is 0 Å². The number of hydrogen-bond acceptors (Lipinski definition) is 1. The van der Waals surface area contributed by atoms with Crippen molar-refractivity contribution in [1.82, 2.24) is 0 Å². The summed E-state index contributed by atoms with van der Waals surface area (Å²) in [5, 5.41) is 9.78. The van der Waals surface area contributed by atoms with E-state index in [-0.39, 0.29) is 5.41 Å². The Morgan fingerprint density at radius 3 is 2.45 bits per heavy atom. The molecule has 3 heteroatoms. The molecule has 11 heavy (non-hydrogen) atoms. The van der Waals surface area contributed by atoms with Crippen LogP contribution in [-0.2, 0) is 4.79 Å². The second-order valence-electron chi connectivity index (χ2n) is 3.23. The van der Waals surface area contributed by atoms with Gasteiger partial charge in [-0.2, -0.15) is 0 Å². The molecule has 1 aliphatic carbocycles. The molecule has 0 amide bonds. The van der Waals surface area contributed by atoms with Gasteiger partial charge >= 0.3 is 5.97 Å². The highest BCUT2D eigenvalue weighted by Crippen LogP contribution is 2.49. The van der Waals surface area contributed by atoms with Gasteiger partial charge in [0.15, 0.2) is 0 Å². The van der Waals surface area contributed by atoms with Crippen LogP contribution in [0.2, 0.25) is 0 Å². The summed E-state index contributed by atoms with van der Waals surface area (Å²) in [6.07, 6.45) is 4.79. The summed E-state index contributed by atoms with van der Waals surface area (Å²) in [7, 11) is 0. The van der Waals surface area contributed by atoms with Crippen molar-refractivity contribution in [1.29, 1.82) is 0 Å². The van der Waals surface area contributed by atoms with E-state index in [0.29, 0.717) is 0 Å². The molecule has 0 heterocycles. The molecule has 1 rings (SSSR count). The summed E-state index contributed by atoms with van der Waals surface area (Å²) in [4.78, 5) is 10.7. The highest BCUT2D eigenvalue weighted by molar-refractivity contribution is 9.09. The normalized spacial score (nSPS) is 19.7. The predicted molar refractivity (Wildman–Crippen MR) is 46.9 cm³/mol. The lowest BCUT2D eigenvalue weighted by Crippen LogP contribution is -2.14. The number of rotatable bonds is 5. The van der Waals surface area contributed by atoms with Crippen LogP contribution in [0.25, 0.3) is 0 Å². The molecule has 0 aliphatic heterocycles. The van der Waals surface area contributed by atoms with E-state index in [1.54, 1.807) is 0 Å². The smallest absolute Gasteiger partial charge is 0.309 e. The average molecular weight is 221 g/mol. The molecule has 0 bridgehead atoms. The van der Waals surface area contributed by atoms with Crippen LogP contribution in [0.15, 0.2) is 0 Å². The van der Waals surface area contributed by atoms with E-state index in [0.717, 1.165) is 37.4 Å². The minimum Gasteiger partial charge on any atom is -0.481 e. The molecule has 1 fully saturated rings. The Bertz CT molecular complexity index is 152. The number of hydrogen-bond donors (Lipinski definition) is 1. The Morgan fingerprint density at radius 2 is 2.09 bits per heavy atom. The zero-order chi connectivity index (χ0) is 8.32. The van der Waals surface area contributed by atoms with E-state index in [1.165, 1.54) is 0 Å². The Labute approximate surface area is 75.1 Å². The lowest BCUT2D eigenvalue weighted by Gasteiger charge is -2.07. The summed E-state index contributed by atoms with van der Waals surface area (Å²) < 4.78 is 0. The zero-order valence-corrected chi connectivity index (χ0v) is 8.06. The van der Waals surface area contributed by atoms with Crippen LogP contribution in [0.3, 0.4) is 0 Å². The van der Waals surface area contributed by atoms with Crippen molar-refractivity contribution in [3.8, 4) is 0 Å². The van der Waals surface area contributed by atoms with Crippen molar-refractivity contribution < 1.29 is 9.90 Å². The highest BCUT2D eigenvalue weighted by atomic mass is 79.9. The fraction of sp³-hybridized carbons (Fsp3) is 0.875. The second-order valence-corrected chi connectivity index (χ2v) is 4.02. The summed E-state index contributed by atoms with van der Waals surface area (Å²) in [5.41, 5.74) is -0.303. The molecule has 64 valence electrons. The monoisotopic (exact) mass is 220 g/mol. The maximum Gasteiger partial charge on any atom is 0.309 e. The van der Waals surface area contributed by atoms with Crippen LogP contribution in [0.1, 0.15) is 32.1 Å². The molecule has 0 aromatic carbocycles. The minimum atomic E-state index is -0.591. The number of halogens is 1. The number of carbonyl (C=O) groups is 1. The summed E-state index contributed by atoms with van der Waals surface area (Å²) in [6, 6.07) is 0. The van der Waals surface area contributed by atoms with Gasteiger partial charge in [-0.05, 0) is 25.7 Å². The minimum absolute atomic E-state index is 0.303. The van der Waals surface area contributed by atoms with Gasteiger partial charge in [0.25, 0.3) is 0 Å². The van der Waals surface area contributed by atoms with Gasteiger partial charge in [0.1, 0.15) is 0 Å². The van der Waals surface area contributed by atoms with E-state index >= 15 is 0 Å². The molecule has 0 aromatic heterocycles. The largest absolute Gasteiger partial charge is 0.481 e. The molecule has 1 aliphatic rings. The maximum absolute atomic E-state index is 10.7. The van der Waals surface area contributed by atoms with Crippen LogP contribution < -0.4 is 0 Å². The lowest BCUT2D eigenvalue weighted by atomic mass is 10.00. The molecule has 1 saturated carbocycles. The molecular formula is C8H13BrO2. The van der Waals surface area contributed by atoms with Crippen LogP contribution in [0, 0.1) is 5.41 Å². The van der Waals surface area contributed by atoms with Crippen molar-refractivity contribution in [3.63, 3.8) is 0 Å². The van der Waals surface area contributed by atoms with Gasteiger partial charge in [-0.15, -0.1) is 0 Å². The maximum atomic E-state index is 10.7. The average Bonchev–Trinajstić information content (AvgIpc) is 2.70. The highest BCUT2D eigenvalue weighted by Gasteiger charge is 2.49. The van der Waals surface area contributed by atoms with Crippen LogP contribution >= 0.6 is 15.9 Å². The first-order valence-electron chi connectivity index (χ1n) is 4.01. The predicted octanol–water partition coefficient (Wildman–Crippen LogP) is 2.42. The van der Waals surface area contributed by atoms with E-state index < -0.39 is 5.97 Å². The van der Waals surface area contributed by atoms with E-state index in [4.69, 9.17) is 5.11 Å². The molecule has 1 N–H and O–H groups in total. The molecule has 0 radical (unpaired) electrons. The Hall–Kier alpha value is -0.0500. The standard InChI is InChI=1S/C8H13BrO2/c9-6-2-1-3-8(4-5-8)7(10)11/h1-6H2,(H,10,11). The molecule has 0 atom stereocenters. The van der Waals surface area contributed by atoms with Gasteiger partial charge in [-0.3, -0.25) is 4.79 Å². The van der Waals surface area contributed by atoms with Gasteiger partial charge in [0, 0.05) is 5.33 Å². The van der Waals surface area contributed by atoms with Crippen molar-refractivity contribution >= 4 is 21.9 Å². The van der Waals surface area contributed by atoms with Crippen LogP contribution in [0.5, 0.6) is 0 Å². The fourth-order valence-electron chi connectivity index (χ4n) is 1.28. The topological polar surface area (TPSA) is 37.3 Å². The number of carboxylic acids is 1. The number of alkyl halides is 1. The zero-order valence-electron chi connectivity index (χ0n) is 6.48. The van der Waals surface area contributed by atoms with Gasteiger partial charge < -0.3 is 5.11 Å². The molecule has 2 nitrogen and oxygen atoms in total. The van der Waals surface area contributed by atoms with Crippen molar-refractivity contribution in [2.75, 3.05) is 5.33 Å². The van der Waals surface area contributed by atoms with Gasteiger partial charge in [0.05, 0.1) is 5.41 Å². The number of unbranched alkanes of at least 4 members (excludes halogenated alkanes) is 1. The van der Waals surface area contributed by atoms with Gasteiger partial charge in [0.2, 0.25) is 0 Å². The van der Waals surface area contributed by atoms with Crippen molar-refractivity contribution in [2.45, 2.75) is 32.1 Å². The first kappa shape index (κ1) is 9.04. The van der Waals surface area contributed by atoms with E-state index in [2.05, 4.69) is 15.9 Å². The van der Waals surface area contributed by atoms with E-state index in [9.17, 15) is 4.79 Å². The molecule has 0 saturated heterocycles. The SMILES string of the molecule is O=C(O)C1(CCCCBr)CC1. The summed E-state index contributed by atoms with van der Waals surface area (Å²) >= 11 is 3.33. The van der Waals surface area contributed by atoms with E-state index in [1.807, 2.05) is 0 Å². The molecule has 0 spiro atoms. The Morgan fingerprint density at radius 1 is 1.45 bits per heavy atom. The number of carboxylic acid groups (broad SMARTS) is 1. The third-order valence-corrected chi connectivity index (χ3v) is 2.91. The first-order valence-corrected chi connectivity index (χ1v) is 5.13. The quantitative estimate of drug-likeness (QED) is 0.571. The van der Waals surface area contributed by atoms with Crippen LogP contribution in [-0.4, -0.2) is 16.4 Å². The summed E-state index contributed by atoms with van der Waals surface area (Å²) in [6.45, 7) is 0. The summed E-state index contributed by atoms with van der Waals surface area (Å²) in [5.74, 6) is -0.591. The number of aliphatic carboxylic acids is 1. The van der Waals surface area contributed by atoms with Gasteiger partial charge in [-0.1, -0.05) is 22.4 Å². The fourth-order valence-corrected chi connectivity index (χ4v) is 1.68.